The summed E-state index contributed by atoms with van der Waals surface area (Å²) in [4.78, 5) is 20.5. The van der Waals surface area contributed by atoms with Gasteiger partial charge in [-0.3, -0.25) is 9.78 Å². The van der Waals surface area contributed by atoms with E-state index in [1.54, 1.807) is 23.7 Å². The summed E-state index contributed by atoms with van der Waals surface area (Å²) in [5.41, 5.74) is 1.90. The van der Waals surface area contributed by atoms with Crippen LogP contribution in [0.1, 0.15) is 49.0 Å². The van der Waals surface area contributed by atoms with Crippen molar-refractivity contribution in [1.29, 1.82) is 0 Å². The molecule has 2 rings (SSSR count). The van der Waals surface area contributed by atoms with Crippen LogP contribution in [0.3, 0.4) is 0 Å². The summed E-state index contributed by atoms with van der Waals surface area (Å²) in [5.74, 6) is 0.405. The summed E-state index contributed by atoms with van der Waals surface area (Å²) in [7, 11) is 0. The van der Waals surface area contributed by atoms with Crippen LogP contribution in [0.25, 0.3) is 0 Å². The fraction of sp³-hybridized carbons (Fsp3) is 0.400. The number of carbonyl (C=O) groups is 1. The zero-order valence-electron chi connectivity index (χ0n) is 12.0. The molecule has 2 aromatic heterocycles. The van der Waals surface area contributed by atoms with Gasteiger partial charge in [-0.25, -0.2) is 4.98 Å². The molecule has 106 valence electrons. The maximum Gasteiger partial charge on any atom is 0.226 e. The van der Waals surface area contributed by atoms with Crippen LogP contribution in [-0.2, 0) is 11.2 Å². The van der Waals surface area contributed by atoms with E-state index in [0.29, 0.717) is 12.3 Å². The van der Waals surface area contributed by atoms with Crippen LogP contribution in [0, 0.1) is 0 Å². The minimum absolute atomic E-state index is 0.00471. The van der Waals surface area contributed by atoms with Gasteiger partial charge in [0.15, 0.2) is 0 Å². The van der Waals surface area contributed by atoms with Crippen LogP contribution in [0.15, 0.2) is 29.9 Å². The Morgan fingerprint density at radius 1 is 1.30 bits per heavy atom. The lowest BCUT2D eigenvalue weighted by molar-refractivity contribution is -0.121. The Morgan fingerprint density at radius 3 is 2.60 bits per heavy atom. The number of aromatic nitrogens is 2. The largest absolute Gasteiger partial charge is 0.349 e. The number of carbonyl (C=O) groups excluding carboxylic acids is 1. The Balaban J connectivity index is 1.92. The van der Waals surface area contributed by atoms with Crippen LogP contribution < -0.4 is 5.32 Å². The molecule has 0 saturated carbocycles. The Morgan fingerprint density at radius 2 is 2.00 bits per heavy atom. The van der Waals surface area contributed by atoms with E-state index in [1.807, 2.05) is 24.4 Å². The number of thiazole rings is 1. The first-order chi connectivity index (χ1) is 9.56. The predicted molar refractivity (Wildman–Crippen MR) is 80.7 cm³/mol. The molecule has 20 heavy (non-hydrogen) atoms. The molecule has 4 nitrogen and oxygen atoms in total. The first-order valence-electron chi connectivity index (χ1n) is 6.70. The lowest BCUT2D eigenvalue weighted by Crippen LogP contribution is -2.28. The number of nitrogens with zero attached hydrogens (tertiary/aromatic N) is 2. The number of amides is 1. The van der Waals surface area contributed by atoms with Gasteiger partial charge in [0, 0.05) is 23.7 Å². The van der Waals surface area contributed by atoms with E-state index < -0.39 is 0 Å². The van der Waals surface area contributed by atoms with Gasteiger partial charge >= 0.3 is 0 Å². The highest BCUT2D eigenvalue weighted by Crippen LogP contribution is 2.19. The van der Waals surface area contributed by atoms with E-state index in [1.165, 1.54) is 0 Å². The molecule has 2 aromatic rings. The van der Waals surface area contributed by atoms with Crippen molar-refractivity contribution < 1.29 is 4.79 Å². The lowest BCUT2D eigenvalue weighted by Gasteiger charge is -2.13. The van der Waals surface area contributed by atoms with Gasteiger partial charge in [0.2, 0.25) is 5.91 Å². The Labute approximate surface area is 123 Å². The molecule has 0 aliphatic rings. The molecular formula is C15H19N3OS. The van der Waals surface area contributed by atoms with Gasteiger partial charge in [0.05, 0.1) is 23.2 Å². The molecule has 1 atom stereocenters. The quantitative estimate of drug-likeness (QED) is 0.920. The zero-order valence-corrected chi connectivity index (χ0v) is 12.8. The van der Waals surface area contributed by atoms with Gasteiger partial charge in [0.1, 0.15) is 0 Å². The predicted octanol–water partition coefficient (Wildman–Crippen LogP) is 3.08. The number of hydrogen-bond acceptors (Lipinski definition) is 4. The highest BCUT2D eigenvalue weighted by atomic mass is 32.1. The second-order valence-corrected chi connectivity index (χ2v) is 5.97. The van der Waals surface area contributed by atoms with Crippen molar-refractivity contribution in [3.8, 4) is 0 Å². The fourth-order valence-corrected chi connectivity index (χ4v) is 2.70. The molecule has 0 bridgehead atoms. The molecule has 0 spiro atoms. The minimum atomic E-state index is -0.0197. The molecule has 0 aliphatic heterocycles. The highest BCUT2D eigenvalue weighted by molar-refractivity contribution is 7.09. The third-order valence-electron chi connectivity index (χ3n) is 2.99. The SMILES string of the molecule is CC(C)c1nc(CC(=O)N[C@H](C)c2ccncc2)cs1. The average molecular weight is 289 g/mol. The minimum Gasteiger partial charge on any atom is -0.349 e. The third kappa shape index (κ3) is 3.87. The summed E-state index contributed by atoms with van der Waals surface area (Å²) < 4.78 is 0. The van der Waals surface area contributed by atoms with Crippen molar-refractivity contribution >= 4 is 17.2 Å². The Bertz CT molecular complexity index is 566. The molecule has 0 aliphatic carbocycles. The van der Waals surface area contributed by atoms with Gasteiger partial charge in [0.25, 0.3) is 0 Å². The Kier molecular flexibility index (Phi) is 4.84. The van der Waals surface area contributed by atoms with Crippen LogP contribution in [0.2, 0.25) is 0 Å². The highest BCUT2D eigenvalue weighted by Gasteiger charge is 2.12. The van der Waals surface area contributed by atoms with Crippen molar-refractivity contribution in [3.05, 3.63) is 46.2 Å². The summed E-state index contributed by atoms with van der Waals surface area (Å²) in [6.07, 6.45) is 3.79. The normalized spacial score (nSPS) is 12.4. The van der Waals surface area contributed by atoms with E-state index in [4.69, 9.17) is 0 Å². The zero-order chi connectivity index (χ0) is 14.5. The van der Waals surface area contributed by atoms with E-state index in [9.17, 15) is 4.79 Å². The fourth-order valence-electron chi connectivity index (χ4n) is 1.86. The second kappa shape index (κ2) is 6.61. The molecule has 0 unspecified atom stereocenters. The van der Waals surface area contributed by atoms with Gasteiger partial charge in [-0.2, -0.15) is 0 Å². The smallest absolute Gasteiger partial charge is 0.226 e. The van der Waals surface area contributed by atoms with Crippen LogP contribution in [-0.4, -0.2) is 15.9 Å². The first kappa shape index (κ1) is 14.7. The van der Waals surface area contributed by atoms with Crippen molar-refractivity contribution in [1.82, 2.24) is 15.3 Å². The van der Waals surface area contributed by atoms with E-state index in [-0.39, 0.29) is 11.9 Å². The topological polar surface area (TPSA) is 54.9 Å². The molecule has 2 heterocycles. The van der Waals surface area contributed by atoms with Gasteiger partial charge in [-0.15, -0.1) is 11.3 Å². The maximum atomic E-state index is 12.0. The molecule has 5 heteroatoms. The van der Waals surface area contributed by atoms with Gasteiger partial charge in [-0.05, 0) is 24.6 Å². The number of rotatable bonds is 5. The monoisotopic (exact) mass is 289 g/mol. The van der Waals surface area contributed by atoms with E-state index in [2.05, 4.69) is 29.1 Å². The summed E-state index contributed by atoms with van der Waals surface area (Å²) in [5, 5.41) is 6.02. The van der Waals surface area contributed by atoms with Crippen LogP contribution in [0.5, 0.6) is 0 Å². The molecular weight excluding hydrogens is 270 g/mol. The molecule has 0 aromatic carbocycles. The molecule has 1 N–H and O–H groups in total. The molecule has 1 amide bonds. The molecule has 0 radical (unpaired) electrons. The number of hydrogen-bond donors (Lipinski definition) is 1. The van der Waals surface area contributed by atoms with Crippen LogP contribution >= 0.6 is 11.3 Å². The van der Waals surface area contributed by atoms with Crippen molar-refractivity contribution in [2.24, 2.45) is 0 Å². The summed E-state index contributed by atoms with van der Waals surface area (Å²) in [6, 6.07) is 3.80. The third-order valence-corrected chi connectivity index (χ3v) is 4.18. The van der Waals surface area contributed by atoms with Crippen LogP contribution in [0.4, 0.5) is 0 Å². The standard InChI is InChI=1S/C15H19N3OS/c1-10(2)15-18-13(9-20-15)8-14(19)17-11(3)12-4-6-16-7-5-12/h4-7,9-11H,8H2,1-3H3,(H,17,19)/t11-/m1/s1. The number of pyridine rings is 1. The molecule has 0 fully saturated rings. The Hall–Kier alpha value is -1.75. The summed E-state index contributed by atoms with van der Waals surface area (Å²) >= 11 is 1.62. The van der Waals surface area contributed by atoms with E-state index >= 15 is 0 Å². The van der Waals surface area contributed by atoms with Crippen molar-refractivity contribution in [2.75, 3.05) is 0 Å². The average Bonchev–Trinajstić information content (AvgIpc) is 2.88. The number of nitrogens with one attached hydrogen (secondary N) is 1. The van der Waals surface area contributed by atoms with Gasteiger partial charge < -0.3 is 5.32 Å². The molecule has 0 saturated heterocycles. The van der Waals surface area contributed by atoms with Gasteiger partial charge in [-0.1, -0.05) is 13.8 Å². The maximum absolute atomic E-state index is 12.0. The summed E-state index contributed by atoms with van der Waals surface area (Å²) in [6.45, 7) is 6.18. The second-order valence-electron chi connectivity index (χ2n) is 5.08. The lowest BCUT2D eigenvalue weighted by atomic mass is 10.1. The van der Waals surface area contributed by atoms with E-state index in [0.717, 1.165) is 16.3 Å². The first-order valence-corrected chi connectivity index (χ1v) is 7.58. The van der Waals surface area contributed by atoms with Crippen molar-refractivity contribution in [3.63, 3.8) is 0 Å². The van der Waals surface area contributed by atoms with Crippen molar-refractivity contribution in [2.45, 2.75) is 39.2 Å².